The standard InChI is InChI=1S/C17H26N2O4/c18-14(16(20)21)8-5-9-15(19)17(22)23-10-13-11-6-3-1-2-4-7-12(11)13/h11-15H,3-10,18-19H2,(H,20,21)/t11?,12?,13?,14-,15?/m0/s1. The van der Waals surface area contributed by atoms with E-state index >= 15 is 0 Å². The van der Waals surface area contributed by atoms with E-state index in [4.69, 9.17) is 21.3 Å². The normalized spacial score (nSPS) is 28.2. The van der Waals surface area contributed by atoms with E-state index in [0.717, 1.165) is 25.7 Å². The van der Waals surface area contributed by atoms with Crippen molar-refractivity contribution in [2.24, 2.45) is 29.2 Å². The summed E-state index contributed by atoms with van der Waals surface area (Å²) in [7, 11) is 0. The van der Waals surface area contributed by atoms with Gasteiger partial charge in [0, 0.05) is 12.8 Å². The van der Waals surface area contributed by atoms with Crippen LogP contribution in [0.15, 0.2) is 0 Å². The highest BCUT2D eigenvalue weighted by molar-refractivity contribution is 5.75. The van der Waals surface area contributed by atoms with Gasteiger partial charge in [0.15, 0.2) is 0 Å². The number of esters is 1. The van der Waals surface area contributed by atoms with Crippen molar-refractivity contribution in [2.45, 2.75) is 57.0 Å². The molecule has 128 valence electrons. The van der Waals surface area contributed by atoms with Crippen LogP contribution in [0.4, 0.5) is 0 Å². The van der Waals surface area contributed by atoms with Crippen molar-refractivity contribution in [1.82, 2.24) is 0 Å². The molecule has 2 rings (SSSR count). The molecule has 0 heterocycles. The SMILES string of the molecule is NC(CCC[C@H](N)C(=O)O)C(=O)OCC1C2CCC#CCCC21. The van der Waals surface area contributed by atoms with Gasteiger partial charge in [-0.15, -0.1) is 11.8 Å². The van der Waals surface area contributed by atoms with E-state index in [9.17, 15) is 9.59 Å². The smallest absolute Gasteiger partial charge is 0.322 e. The highest BCUT2D eigenvalue weighted by Crippen LogP contribution is 2.52. The van der Waals surface area contributed by atoms with Crippen LogP contribution >= 0.6 is 0 Å². The molecule has 0 bridgehead atoms. The Kier molecular flexibility index (Phi) is 6.43. The monoisotopic (exact) mass is 322 g/mol. The third-order valence-electron chi connectivity index (χ3n) is 4.91. The fraction of sp³-hybridized carbons (Fsp3) is 0.765. The number of hydrogen-bond acceptors (Lipinski definition) is 5. The van der Waals surface area contributed by atoms with Crippen LogP contribution in [0.25, 0.3) is 0 Å². The molecular formula is C17H26N2O4. The molecule has 6 nitrogen and oxygen atoms in total. The summed E-state index contributed by atoms with van der Waals surface area (Å²) in [5.74, 6) is 6.62. The lowest BCUT2D eigenvalue weighted by Gasteiger charge is -2.12. The van der Waals surface area contributed by atoms with Gasteiger partial charge in [-0.1, -0.05) is 0 Å². The van der Waals surface area contributed by atoms with Gasteiger partial charge in [-0.05, 0) is 49.9 Å². The van der Waals surface area contributed by atoms with Gasteiger partial charge in [0.1, 0.15) is 12.1 Å². The average Bonchev–Trinajstić information content (AvgIpc) is 3.13. The lowest BCUT2D eigenvalue weighted by Crippen LogP contribution is -2.34. The zero-order chi connectivity index (χ0) is 16.8. The molecule has 4 atom stereocenters. The van der Waals surface area contributed by atoms with Crippen LogP contribution in [0.5, 0.6) is 0 Å². The first-order chi connectivity index (χ1) is 11.0. The molecule has 0 aromatic rings. The van der Waals surface area contributed by atoms with Gasteiger partial charge in [-0.3, -0.25) is 9.59 Å². The number of carboxylic acid groups (broad SMARTS) is 1. The second kappa shape index (κ2) is 8.32. The maximum Gasteiger partial charge on any atom is 0.322 e. The van der Waals surface area contributed by atoms with Gasteiger partial charge in [-0.25, -0.2) is 0 Å². The lowest BCUT2D eigenvalue weighted by atomic mass is 10.1. The van der Waals surface area contributed by atoms with E-state index in [1.54, 1.807) is 0 Å². The second-order valence-corrected chi connectivity index (χ2v) is 6.53. The number of carbonyl (C=O) groups is 2. The molecule has 3 unspecified atom stereocenters. The summed E-state index contributed by atoms with van der Waals surface area (Å²) >= 11 is 0. The van der Waals surface area contributed by atoms with Crippen molar-refractivity contribution < 1.29 is 19.4 Å². The molecule has 1 saturated carbocycles. The molecule has 0 spiro atoms. The Bertz CT molecular complexity index is 479. The predicted octanol–water partition coefficient (Wildman–Crippen LogP) is 0.879. The highest BCUT2D eigenvalue weighted by atomic mass is 16.5. The maximum absolute atomic E-state index is 11.9. The van der Waals surface area contributed by atoms with Gasteiger partial charge in [0.25, 0.3) is 0 Å². The van der Waals surface area contributed by atoms with E-state index in [1.165, 1.54) is 0 Å². The summed E-state index contributed by atoms with van der Waals surface area (Å²) in [4.78, 5) is 22.5. The molecule has 5 N–H and O–H groups in total. The van der Waals surface area contributed by atoms with Crippen LogP contribution in [-0.4, -0.2) is 35.7 Å². The molecule has 2 aliphatic rings. The summed E-state index contributed by atoms with van der Waals surface area (Å²) in [5.41, 5.74) is 11.2. The maximum atomic E-state index is 11.9. The first kappa shape index (κ1) is 17.8. The molecule has 0 amide bonds. The molecule has 6 heteroatoms. The Hall–Kier alpha value is -1.58. The van der Waals surface area contributed by atoms with Crippen LogP contribution in [0.1, 0.15) is 44.9 Å². The van der Waals surface area contributed by atoms with Gasteiger partial charge < -0.3 is 21.3 Å². The molecular weight excluding hydrogens is 296 g/mol. The number of fused-ring (bicyclic) bond motifs is 1. The first-order valence-corrected chi connectivity index (χ1v) is 8.37. The minimum absolute atomic E-state index is 0.309. The van der Waals surface area contributed by atoms with Crippen molar-refractivity contribution in [3.63, 3.8) is 0 Å². The molecule has 0 radical (unpaired) electrons. The Morgan fingerprint density at radius 1 is 1.09 bits per heavy atom. The number of ether oxygens (including phenoxy) is 1. The number of rotatable bonds is 8. The Balaban J connectivity index is 1.62. The number of carbonyl (C=O) groups excluding carboxylic acids is 1. The third kappa shape index (κ3) is 5.22. The van der Waals surface area contributed by atoms with E-state index in [1.807, 2.05) is 0 Å². The topological polar surface area (TPSA) is 116 Å². The van der Waals surface area contributed by atoms with Crippen LogP contribution in [-0.2, 0) is 14.3 Å². The third-order valence-corrected chi connectivity index (χ3v) is 4.91. The molecule has 23 heavy (non-hydrogen) atoms. The van der Waals surface area contributed by atoms with Crippen molar-refractivity contribution in [3.8, 4) is 11.8 Å². The van der Waals surface area contributed by atoms with Gasteiger partial charge in [0.2, 0.25) is 0 Å². The van der Waals surface area contributed by atoms with Crippen molar-refractivity contribution in [1.29, 1.82) is 0 Å². The van der Waals surface area contributed by atoms with Crippen LogP contribution in [0.2, 0.25) is 0 Å². The summed E-state index contributed by atoms with van der Waals surface area (Å²) in [6, 6.07) is -1.60. The number of aliphatic carboxylic acids is 1. The van der Waals surface area contributed by atoms with Gasteiger partial charge in [0.05, 0.1) is 6.61 Å². The lowest BCUT2D eigenvalue weighted by molar-refractivity contribution is -0.146. The van der Waals surface area contributed by atoms with Crippen LogP contribution < -0.4 is 11.5 Å². The molecule has 0 aromatic carbocycles. The minimum atomic E-state index is -1.03. The molecule has 2 aliphatic carbocycles. The minimum Gasteiger partial charge on any atom is -0.480 e. The van der Waals surface area contributed by atoms with Crippen molar-refractivity contribution >= 4 is 11.9 Å². The molecule has 0 aromatic heterocycles. The van der Waals surface area contributed by atoms with E-state index in [0.29, 0.717) is 43.6 Å². The fourth-order valence-corrected chi connectivity index (χ4v) is 3.37. The van der Waals surface area contributed by atoms with Gasteiger partial charge >= 0.3 is 11.9 Å². The van der Waals surface area contributed by atoms with Crippen LogP contribution in [0.3, 0.4) is 0 Å². The molecule has 1 fully saturated rings. The van der Waals surface area contributed by atoms with E-state index in [2.05, 4.69) is 11.8 Å². The number of hydrogen-bond donors (Lipinski definition) is 3. The second-order valence-electron chi connectivity index (χ2n) is 6.53. The predicted molar refractivity (Wildman–Crippen MR) is 85.1 cm³/mol. The summed E-state index contributed by atoms with van der Waals surface area (Å²) in [6.07, 6.45) is 5.27. The average molecular weight is 322 g/mol. The van der Waals surface area contributed by atoms with E-state index in [-0.39, 0.29) is 0 Å². The van der Waals surface area contributed by atoms with E-state index < -0.39 is 24.0 Å². The van der Waals surface area contributed by atoms with Crippen LogP contribution in [0, 0.1) is 29.6 Å². The Labute approximate surface area is 136 Å². The summed E-state index contributed by atoms with van der Waals surface area (Å²) in [6.45, 7) is 0.441. The first-order valence-electron chi connectivity index (χ1n) is 8.37. The summed E-state index contributed by atoms with van der Waals surface area (Å²) < 4.78 is 5.35. The fourth-order valence-electron chi connectivity index (χ4n) is 3.37. The number of carboxylic acids is 1. The molecule has 0 saturated heterocycles. The van der Waals surface area contributed by atoms with Gasteiger partial charge in [-0.2, -0.15) is 0 Å². The molecule has 0 aliphatic heterocycles. The van der Waals surface area contributed by atoms with Crippen molar-refractivity contribution in [3.05, 3.63) is 0 Å². The number of nitrogens with two attached hydrogens (primary N) is 2. The zero-order valence-corrected chi connectivity index (χ0v) is 13.4. The highest BCUT2D eigenvalue weighted by Gasteiger charge is 2.49. The zero-order valence-electron chi connectivity index (χ0n) is 13.4. The quantitative estimate of drug-likeness (QED) is 0.451. The largest absolute Gasteiger partial charge is 0.480 e. The Morgan fingerprint density at radius 3 is 2.22 bits per heavy atom. The summed E-state index contributed by atoms with van der Waals surface area (Å²) in [5, 5.41) is 8.69. The van der Waals surface area contributed by atoms with Crippen molar-refractivity contribution in [2.75, 3.05) is 6.61 Å². The Morgan fingerprint density at radius 2 is 1.65 bits per heavy atom.